The number of hydrogen-bond donors (Lipinski definition) is 3. The number of aromatic amines is 1. The minimum Gasteiger partial charge on any atom is -0.322 e. The summed E-state index contributed by atoms with van der Waals surface area (Å²) in [4.78, 5) is 14.7. The number of H-pyrrole nitrogens is 1. The van der Waals surface area contributed by atoms with Crippen molar-refractivity contribution in [2.24, 2.45) is 5.14 Å². The van der Waals surface area contributed by atoms with Crippen molar-refractivity contribution in [3.63, 3.8) is 0 Å². The standard InChI is InChI=1S/C17H17N3O3S.ClH/c1-11(20-24(18,22)23)12-6-8-13(9-7-12)15-10-17(21)19-16-5-3-2-4-14(15)16;/h2-11,20H,1H3,(H,19,21)(H2,18,22,23);1H/t11-;/m1./s1. The molecule has 0 fully saturated rings. The molecule has 1 atom stereocenters. The van der Waals surface area contributed by atoms with Crippen molar-refractivity contribution in [3.8, 4) is 11.1 Å². The number of para-hydroxylation sites is 1. The van der Waals surface area contributed by atoms with Crippen LogP contribution in [-0.2, 0) is 10.2 Å². The Kier molecular flexibility index (Phi) is 5.64. The summed E-state index contributed by atoms with van der Waals surface area (Å²) in [5.74, 6) is 0. The van der Waals surface area contributed by atoms with Crippen molar-refractivity contribution in [3.05, 3.63) is 70.5 Å². The van der Waals surface area contributed by atoms with Crippen molar-refractivity contribution in [1.82, 2.24) is 9.71 Å². The minimum absolute atomic E-state index is 0. The van der Waals surface area contributed by atoms with Crippen molar-refractivity contribution in [1.29, 1.82) is 0 Å². The number of hydrogen-bond acceptors (Lipinski definition) is 3. The SMILES string of the molecule is C[C@@H](NS(N)(=O)=O)c1ccc(-c2cc(=O)[nH]c3ccccc23)cc1.Cl. The Hall–Kier alpha value is -2.19. The first-order valence-electron chi connectivity index (χ1n) is 7.36. The zero-order chi connectivity index (χ0) is 17.3. The van der Waals surface area contributed by atoms with Crippen LogP contribution in [0.1, 0.15) is 18.5 Å². The van der Waals surface area contributed by atoms with Crippen LogP contribution in [-0.4, -0.2) is 13.4 Å². The molecule has 0 saturated carbocycles. The highest BCUT2D eigenvalue weighted by Gasteiger charge is 2.12. The van der Waals surface area contributed by atoms with E-state index in [1.807, 2.05) is 48.5 Å². The molecule has 8 heteroatoms. The lowest BCUT2D eigenvalue weighted by Crippen LogP contribution is -2.32. The predicted octanol–water partition coefficient (Wildman–Crippen LogP) is 2.47. The van der Waals surface area contributed by atoms with E-state index in [1.54, 1.807) is 13.0 Å². The molecule has 4 N–H and O–H groups in total. The van der Waals surface area contributed by atoms with Gasteiger partial charge in [-0.25, -0.2) is 5.14 Å². The Morgan fingerprint density at radius 2 is 1.72 bits per heavy atom. The normalized spacial score (nSPS) is 12.6. The number of benzene rings is 2. The number of nitrogens with one attached hydrogen (secondary N) is 2. The quantitative estimate of drug-likeness (QED) is 0.648. The van der Waals surface area contributed by atoms with E-state index < -0.39 is 16.3 Å². The first-order chi connectivity index (χ1) is 11.3. The third kappa shape index (κ3) is 4.46. The van der Waals surface area contributed by atoms with Gasteiger partial charge < -0.3 is 4.98 Å². The second-order valence-corrected chi connectivity index (χ2v) is 6.93. The third-order valence-electron chi connectivity index (χ3n) is 3.81. The van der Waals surface area contributed by atoms with E-state index in [4.69, 9.17) is 5.14 Å². The van der Waals surface area contributed by atoms with Crippen LogP contribution in [0.25, 0.3) is 22.0 Å². The molecule has 0 amide bonds. The smallest absolute Gasteiger partial charge is 0.274 e. The zero-order valence-corrected chi connectivity index (χ0v) is 15.0. The summed E-state index contributed by atoms with van der Waals surface area (Å²) in [6.45, 7) is 1.71. The second kappa shape index (κ2) is 7.37. The van der Waals surface area contributed by atoms with Crippen LogP contribution in [0.4, 0.5) is 0 Å². The molecule has 0 aliphatic heterocycles. The van der Waals surface area contributed by atoms with Crippen LogP contribution in [0, 0.1) is 0 Å². The Morgan fingerprint density at radius 3 is 2.36 bits per heavy atom. The van der Waals surface area contributed by atoms with Crippen LogP contribution in [0.15, 0.2) is 59.4 Å². The van der Waals surface area contributed by atoms with E-state index >= 15 is 0 Å². The van der Waals surface area contributed by atoms with E-state index in [0.29, 0.717) is 0 Å². The maximum Gasteiger partial charge on any atom is 0.274 e. The summed E-state index contributed by atoms with van der Waals surface area (Å²) in [6.07, 6.45) is 0. The minimum atomic E-state index is -3.76. The molecular formula is C17H18ClN3O3S. The van der Waals surface area contributed by atoms with Gasteiger partial charge in [0.25, 0.3) is 10.2 Å². The highest BCUT2D eigenvalue weighted by Crippen LogP contribution is 2.27. The first-order valence-corrected chi connectivity index (χ1v) is 8.90. The molecular weight excluding hydrogens is 362 g/mol. The van der Waals surface area contributed by atoms with Gasteiger partial charge in [0.1, 0.15) is 0 Å². The van der Waals surface area contributed by atoms with Gasteiger partial charge in [0.2, 0.25) is 5.56 Å². The summed E-state index contributed by atoms with van der Waals surface area (Å²) in [7, 11) is -3.76. The van der Waals surface area contributed by atoms with Gasteiger partial charge in [-0.3, -0.25) is 4.79 Å². The molecule has 3 aromatic rings. The molecule has 2 aromatic carbocycles. The average Bonchev–Trinajstić information content (AvgIpc) is 2.52. The van der Waals surface area contributed by atoms with Gasteiger partial charge in [0, 0.05) is 23.0 Å². The van der Waals surface area contributed by atoms with Crippen molar-refractivity contribution in [2.75, 3.05) is 0 Å². The van der Waals surface area contributed by atoms with Crippen LogP contribution in [0.2, 0.25) is 0 Å². The average molecular weight is 380 g/mol. The van der Waals surface area contributed by atoms with E-state index in [-0.39, 0.29) is 18.0 Å². The Bertz CT molecular complexity index is 1050. The summed E-state index contributed by atoms with van der Waals surface area (Å²) in [5, 5.41) is 5.94. The fourth-order valence-corrected chi connectivity index (χ4v) is 3.34. The largest absolute Gasteiger partial charge is 0.322 e. The van der Waals surface area contributed by atoms with Gasteiger partial charge in [0.05, 0.1) is 0 Å². The number of rotatable bonds is 4. The fraction of sp³-hybridized carbons (Fsp3) is 0.118. The van der Waals surface area contributed by atoms with Gasteiger partial charge in [0.15, 0.2) is 0 Å². The molecule has 3 rings (SSSR count). The maximum atomic E-state index is 11.9. The lowest BCUT2D eigenvalue weighted by molar-refractivity contribution is 0.568. The van der Waals surface area contributed by atoms with Crippen LogP contribution in [0.5, 0.6) is 0 Å². The Morgan fingerprint density at radius 1 is 1.08 bits per heavy atom. The fourth-order valence-electron chi connectivity index (χ4n) is 2.71. The van der Waals surface area contributed by atoms with Crippen molar-refractivity contribution < 1.29 is 8.42 Å². The molecule has 0 radical (unpaired) electrons. The van der Waals surface area contributed by atoms with Gasteiger partial charge >= 0.3 is 0 Å². The lowest BCUT2D eigenvalue weighted by Gasteiger charge is -2.13. The van der Waals surface area contributed by atoms with Crippen LogP contribution in [0.3, 0.4) is 0 Å². The van der Waals surface area contributed by atoms with Crippen LogP contribution < -0.4 is 15.4 Å². The maximum absolute atomic E-state index is 11.9. The Balaban J connectivity index is 0.00000225. The molecule has 1 aromatic heterocycles. The predicted molar refractivity (Wildman–Crippen MR) is 102 cm³/mol. The molecule has 0 spiro atoms. The van der Waals surface area contributed by atoms with Crippen molar-refractivity contribution >= 4 is 33.5 Å². The molecule has 0 aliphatic carbocycles. The van der Waals surface area contributed by atoms with E-state index in [1.165, 1.54) is 0 Å². The summed E-state index contributed by atoms with van der Waals surface area (Å²) in [5.41, 5.74) is 3.09. The van der Waals surface area contributed by atoms with Crippen molar-refractivity contribution in [2.45, 2.75) is 13.0 Å². The van der Waals surface area contributed by atoms with E-state index in [0.717, 1.165) is 27.6 Å². The highest BCUT2D eigenvalue weighted by atomic mass is 35.5. The highest BCUT2D eigenvalue weighted by molar-refractivity contribution is 7.87. The molecule has 25 heavy (non-hydrogen) atoms. The summed E-state index contributed by atoms with van der Waals surface area (Å²) in [6, 6.07) is 16.0. The number of aromatic nitrogens is 1. The molecule has 1 heterocycles. The van der Waals surface area contributed by atoms with E-state index in [9.17, 15) is 13.2 Å². The molecule has 132 valence electrons. The monoisotopic (exact) mass is 379 g/mol. The number of pyridine rings is 1. The molecule has 0 saturated heterocycles. The molecule has 0 unspecified atom stereocenters. The molecule has 6 nitrogen and oxygen atoms in total. The third-order valence-corrected chi connectivity index (χ3v) is 4.50. The zero-order valence-electron chi connectivity index (χ0n) is 13.4. The topological polar surface area (TPSA) is 105 Å². The van der Waals surface area contributed by atoms with Gasteiger partial charge in [-0.2, -0.15) is 13.1 Å². The van der Waals surface area contributed by atoms with Gasteiger partial charge in [-0.1, -0.05) is 42.5 Å². The summed E-state index contributed by atoms with van der Waals surface area (Å²) < 4.78 is 24.6. The van der Waals surface area contributed by atoms with E-state index in [2.05, 4.69) is 9.71 Å². The molecule has 0 bridgehead atoms. The number of halogens is 1. The van der Waals surface area contributed by atoms with Crippen LogP contribution >= 0.6 is 12.4 Å². The molecule has 0 aliphatic rings. The number of nitrogens with two attached hydrogens (primary N) is 1. The van der Waals surface area contributed by atoms with Gasteiger partial charge in [-0.15, -0.1) is 12.4 Å². The van der Waals surface area contributed by atoms with Gasteiger partial charge in [-0.05, 0) is 29.7 Å². The first kappa shape index (κ1) is 19.1. The summed E-state index contributed by atoms with van der Waals surface area (Å²) >= 11 is 0. The number of fused-ring (bicyclic) bond motifs is 1. The lowest BCUT2D eigenvalue weighted by atomic mass is 9.99. The Labute approximate surface area is 151 Å². The second-order valence-electron chi connectivity index (χ2n) is 5.60.